The van der Waals surface area contributed by atoms with Gasteiger partial charge < -0.3 is 4.90 Å². The van der Waals surface area contributed by atoms with E-state index in [-0.39, 0.29) is 29.5 Å². The topological polar surface area (TPSA) is 32.3 Å². The number of hydrogen-bond acceptors (Lipinski definition) is 3. The monoisotopic (exact) mass is 308 g/mol. The summed E-state index contributed by atoms with van der Waals surface area (Å²) in [6, 6.07) is 6.70. The maximum absolute atomic E-state index is 13.2. The maximum atomic E-state index is 13.2. The van der Waals surface area contributed by atoms with Gasteiger partial charge in [-0.25, -0.2) is 4.39 Å². The molecule has 1 aromatic rings. The Morgan fingerprint density at radius 3 is 2.62 bits per heavy atom. The number of nitrogens with zero attached hydrogens (tertiary/aromatic N) is 1. The van der Waals surface area contributed by atoms with Gasteiger partial charge in [-0.1, -0.05) is 19.1 Å². The summed E-state index contributed by atoms with van der Waals surface area (Å²) in [6.45, 7) is 2.12. The van der Waals surface area contributed by atoms with Gasteiger partial charge in [-0.2, -0.15) is 11.8 Å². The molecule has 0 bridgehead atoms. The van der Waals surface area contributed by atoms with Gasteiger partial charge in [0.1, 0.15) is 17.5 Å². The molecular weight excluding hydrogens is 287 g/mol. The predicted octanol–water partition coefficient (Wildman–Crippen LogP) is 2.93. The van der Waals surface area contributed by atoms with Crippen LogP contribution in [0.5, 0.6) is 0 Å². The summed E-state index contributed by atoms with van der Waals surface area (Å²) >= 11 is 1.76. The van der Waals surface area contributed by atoms with E-state index in [1.165, 1.54) is 12.1 Å². The van der Waals surface area contributed by atoms with Crippen molar-refractivity contribution in [2.24, 2.45) is 0 Å². The fourth-order valence-electron chi connectivity index (χ4n) is 3.09. The minimum atomic E-state index is -0.342. The second-order valence-electron chi connectivity index (χ2n) is 5.91. The van der Waals surface area contributed by atoms with Gasteiger partial charge in [-0.3, -0.25) is 10.1 Å². The molecule has 2 aliphatic rings. The van der Waals surface area contributed by atoms with Crippen LogP contribution >= 0.6 is 11.8 Å². The van der Waals surface area contributed by atoms with Crippen LogP contribution < -0.4 is 5.32 Å². The van der Waals surface area contributed by atoms with Crippen LogP contribution in [0.4, 0.5) is 4.39 Å². The van der Waals surface area contributed by atoms with Gasteiger partial charge in [0.25, 0.3) is 0 Å². The van der Waals surface area contributed by atoms with Crippen LogP contribution in [-0.2, 0) is 4.79 Å². The van der Waals surface area contributed by atoms with E-state index in [0.717, 1.165) is 30.6 Å². The third-order valence-corrected chi connectivity index (χ3v) is 5.21. The Morgan fingerprint density at radius 1 is 1.43 bits per heavy atom. The number of nitrogens with one attached hydrogen (secondary N) is 1. The third-order valence-electron chi connectivity index (χ3n) is 4.49. The summed E-state index contributed by atoms with van der Waals surface area (Å²) in [5.74, 6) is 0.905. The largest absolute Gasteiger partial charge is 0.317 e. The third kappa shape index (κ3) is 2.57. The van der Waals surface area contributed by atoms with Crippen LogP contribution in [0.1, 0.15) is 37.9 Å². The minimum absolute atomic E-state index is 0.127. The highest BCUT2D eigenvalue weighted by atomic mass is 32.2. The van der Waals surface area contributed by atoms with Crippen molar-refractivity contribution in [3.05, 3.63) is 35.6 Å². The molecule has 2 unspecified atom stereocenters. The molecule has 0 aromatic heterocycles. The number of halogens is 1. The SMILES string of the molecule is CCC(CSC)N1C(=O)C2(CC2)NC1c1ccc(F)cc1. The first-order chi connectivity index (χ1) is 10.1. The van der Waals surface area contributed by atoms with Crippen LogP contribution in [0.15, 0.2) is 24.3 Å². The van der Waals surface area contributed by atoms with Gasteiger partial charge in [0.2, 0.25) is 5.91 Å². The standard InChI is InChI=1S/C16H21FN2OS/c1-3-13(10-21-2)19-14(11-4-6-12(17)7-5-11)18-16(8-9-16)15(19)20/h4-7,13-14,18H,3,8-10H2,1-2H3. The second-order valence-corrected chi connectivity index (χ2v) is 6.82. The van der Waals surface area contributed by atoms with E-state index < -0.39 is 0 Å². The molecule has 1 aromatic carbocycles. The van der Waals surface area contributed by atoms with E-state index in [0.29, 0.717) is 0 Å². The maximum Gasteiger partial charge on any atom is 0.244 e. The lowest BCUT2D eigenvalue weighted by atomic mass is 10.1. The van der Waals surface area contributed by atoms with E-state index >= 15 is 0 Å². The van der Waals surface area contributed by atoms with Crippen LogP contribution in [-0.4, -0.2) is 34.4 Å². The van der Waals surface area contributed by atoms with Gasteiger partial charge >= 0.3 is 0 Å². The minimum Gasteiger partial charge on any atom is -0.317 e. The number of carbonyl (C=O) groups is 1. The summed E-state index contributed by atoms with van der Waals surface area (Å²) in [4.78, 5) is 14.8. The predicted molar refractivity (Wildman–Crippen MR) is 83.5 cm³/mol. The average molecular weight is 308 g/mol. The Morgan fingerprint density at radius 2 is 2.10 bits per heavy atom. The highest BCUT2D eigenvalue weighted by Gasteiger charge is 2.60. The van der Waals surface area contributed by atoms with Crippen molar-refractivity contribution >= 4 is 17.7 Å². The van der Waals surface area contributed by atoms with Crippen molar-refractivity contribution in [1.82, 2.24) is 10.2 Å². The fourth-order valence-corrected chi connectivity index (χ4v) is 3.87. The van der Waals surface area contributed by atoms with Gasteiger partial charge in [-0.15, -0.1) is 0 Å². The molecule has 114 valence electrons. The molecule has 3 rings (SSSR count). The molecule has 1 aliphatic carbocycles. The molecule has 1 heterocycles. The van der Waals surface area contributed by atoms with Crippen LogP contribution in [0.25, 0.3) is 0 Å². The zero-order chi connectivity index (χ0) is 15.0. The van der Waals surface area contributed by atoms with Crippen molar-refractivity contribution in [2.45, 2.75) is 43.9 Å². The molecule has 5 heteroatoms. The molecule has 0 radical (unpaired) electrons. The Labute approximate surface area is 129 Å². The number of hydrogen-bond donors (Lipinski definition) is 1. The Hall–Kier alpha value is -1.07. The van der Waals surface area contributed by atoms with Crippen LogP contribution in [0.3, 0.4) is 0 Å². The summed E-state index contributed by atoms with van der Waals surface area (Å²) in [5.41, 5.74) is 0.623. The van der Waals surface area contributed by atoms with Gasteiger partial charge in [-0.05, 0) is 43.2 Å². The molecular formula is C16H21FN2OS. The van der Waals surface area contributed by atoms with E-state index in [9.17, 15) is 9.18 Å². The highest BCUT2D eigenvalue weighted by Crippen LogP contribution is 2.47. The molecule has 1 aliphatic heterocycles. The van der Waals surface area contributed by atoms with E-state index in [4.69, 9.17) is 0 Å². The van der Waals surface area contributed by atoms with Crippen molar-refractivity contribution in [1.29, 1.82) is 0 Å². The zero-order valence-electron chi connectivity index (χ0n) is 12.4. The molecule has 1 amide bonds. The molecule has 1 spiro atoms. The first kappa shape index (κ1) is 14.9. The van der Waals surface area contributed by atoms with E-state index in [1.54, 1.807) is 23.9 Å². The Bertz CT molecular complexity index is 530. The number of amides is 1. The molecule has 1 N–H and O–H groups in total. The highest BCUT2D eigenvalue weighted by molar-refractivity contribution is 7.98. The van der Waals surface area contributed by atoms with Gasteiger partial charge in [0.05, 0.1) is 0 Å². The lowest BCUT2D eigenvalue weighted by Crippen LogP contribution is -2.41. The van der Waals surface area contributed by atoms with Gasteiger partial charge in [0.15, 0.2) is 0 Å². The molecule has 1 saturated heterocycles. The molecule has 2 atom stereocenters. The van der Waals surface area contributed by atoms with Gasteiger partial charge in [0, 0.05) is 11.8 Å². The summed E-state index contributed by atoms with van der Waals surface area (Å²) in [7, 11) is 0. The first-order valence-corrected chi connectivity index (χ1v) is 8.85. The number of rotatable bonds is 5. The number of benzene rings is 1. The molecule has 2 fully saturated rings. The summed E-state index contributed by atoms with van der Waals surface area (Å²) in [6.07, 6.45) is 4.70. The van der Waals surface area contributed by atoms with Crippen molar-refractivity contribution < 1.29 is 9.18 Å². The van der Waals surface area contributed by atoms with Crippen molar-refractivity contribution in [3.8, 4) is 0 Å². The summed E-state index contributed by atoms with van der Waals surface area (Å²) in [5, 5.41) is 3.49. The molecule has 21 heavy (non-hydrogen) atoms. The lowest BCUT2D eigenvalue weighted by molar-refractivity contribution is -0.132. The number of thioether (sulfide) groups is 1. The normalized spacial score (nSPS) is 24.6. The Balaban J connectivity index is 1.92. The van der Waals surface area contributed by atoms with Crippen LogP contribution in [0, 0.1) is 5.82 Å². The lowest BCUT2D eigenvalue weighted by Gasteiger charge is -2.32. The van der Waals surface area contributed by atoms with Crippen molar-refractivity contribution in [3.63, 3.8) is 0 Å². The quantitative estimate of drug-likeness (QED) is 0.908. The summed E-state index contributed by atoms with van der Waals surface area (Å²) < 4.78 is 13.2. The number of carbonyl (C=O) groups excluding carboxylic acids is 1. The smallest absolute Gasteiger partial charge is 0.244 e. The average Bonchev–Trinajstić information content (AvgIpc) is 3.21. The van der Waals surface area contributed by atoms with Crippen molar-refractivity contribution in [2.75, 3.05) is 12.0 Å². The zero-order valence-corrected chi connectivity index (χ0v) is 13.3. The van der Waals surface area contributed by atoms with E-state index in [1.807, 2.05) is 4.90 Å². The fraction of sp³-hybridized carbons (Fsp3) is 0.562. The van der Waals surface area contributed by atoms with E-state index in [2.05, 4.69) is 18.5 Å². The Kier molecular flexibility index (Phi) is 3.97. The second kappa shape index (κ2) is 5.61. The first-order valence-electron chi connectivity index (χ1n) is 7.46. The molecule has 3 nitrogen and oxygen atoms in total. The van der Waals surface area contributed by atoms with Crippen LogP contribution in [0.2, 0.25) is 0 Å². The molecule has 1 saturated carbocycles.